The molecule has 1 aromatic heterocycles. The quantitative estimate of drug-likeness (QED) is 0.737. The van der Waals surface area contributed by atoms with Crippen LogP contribution in [-0.4, -0.2) is 10.9 Å². The molecule has 0 aliphatic heterocycles. The van der Waals surface area contributed by atoms with Crippen molar-refractivity contribution in [2.24, 2.45) is 0 Å². The normalized spacial score (nSPS) is 10.5. The summed E-state index contributed by atoms with van der Waals surface area (Å²) in [6.45, 7) is 0.409. The number of nitrogens with zero attached hydrogens (tertiary/aromatic N) is 1. The summed E-state index contributed by atoms with van der Waals surface area (Å²) < 4.78 is 2.96. The number of benzene rings is 1. The first-order valence-corrected chi connectivity index (χ1v) is 4.79. The molecule has 2 nitrogen and oxygen atoms in total. The number of hydrogen-bond acceptors (Lipinski definition) is 1. The van der Waals surface area contributed by atoms with Crippen LogP contribution in [0.5, 0.6) is 0 Å². The van der Waals surface area contributed by atoms with Gasteiger partial charge in [0.25, 0.3) is 0 Å². The number of rotatable bonds is 2. The average molecular weight is 238 g/mol. The fourth-order valence-electron chi connectivity index (χ4n) is 1.43. The van der Waals surface area contributed by atoms with Crippen molar-refractivity contribution in [3.63, 3.8) is 0 Å². The van der Waals surface area contributed by atoms with Gasteiger partial charge in [0, 0.05) is 21.6 Å². The lowest BCUT2D eigenvalue weighted by atomic mass is 10.2. The smallest absolute Gasteiger partial charge is 0.139 e. The molecular weight excluding hydrogens is 230 g/mol. The summed E-state index contributed by atoms with van der Waals surface area (Å²) in [4.78, 5) is 10.4. The van der Waals surface area contributed by atoms with Gasteiger partial charge in [0.05, 0.1) is 6.54 Å². The molecule has 0 unspecified atom stereocenters. The highest BCUT2D eigenvalue weighted by Gasteiger charge is 2.03. The molecule has 0 aliphatic rings. The van der Waals surface area contributed by atoms with Crippen LogP contribution in [0.2, 0.25) is 0 Å². The number of carbonyl (C=O) groups is 1. The molecule has 13 heavy (non-hydrogen) atoms. The van der Waals surface area contributed by atoms with Gasteiger partial charge in [0.1, 0.15) is 6.29 Å². The third-order valence-electron chi connectivity index (χ3n) is 2.01. The molecule has 0 bridgehead atoms. The van der Waals surface area contributed by atoms with Gasteiger partial charge in [-0.3, -0.25) is 0 Å². The van der Waals surface area contributed by atoms with Crippen LogP contribution in [0.1, 0.15) is 0 Å². The van der Waals surface area contributed by atoms with Crippen LogP contribution < -0.4 is 0 Å². The van der Waals surface area contributed by atoms with E-state index < -0.39 is 0 Å². The maximum atomic E-state index is 10.4. The minimum atomic E-state index is 0.409. The molecule has 0 atom stereocenters. The molecule has 0 fully saturated rings. The summed E-state index contributed by atoms with van der Waals surface area (Å²) >= 11 is 3.45. The number of aromatic nitrogens is 1. The van der Waals surface area contributed by atoms with Gasteiger partial charge in [-0.2, -0.15) is 0 Å². The molecule has 3 heteroatoms. The van der Waals surface area contributed by atoms with E-state index in [1.807, 2.05) is 35.0 Å². The summed E-state index contributed by atoms with van der Waals surface area (Å²) in [7, 11) is 0. The van der Waals surface area contributed by atoms with Crippen molar-refractivity contribution in [3.05, 3.63) is 34.9 Å². The SMILES string of the molecule is O=CCn1cc(Br)c2ccccc21. The molecular formula is C10H8BrNO. The number of hydrogen-bond donors (Lipinski definition) is 0. The summed E-state index contributed by atoms with van der Waals surface area (Å²) in [5.74, 6) is 0. The maximum Gasteiger partial charge on any atom is 0.139 e. The third kappa shape index (κ3) is 1.40. The van der Waals surface area contributed by atoms with Gasteiger partial charge in [-0.15, -0.1) is 0 Å². The van der Waals surface area contributed by atoms with Gasteiger partial charge in [0.2, 0.25) is 0 Å². The molecule has 0 amide bonds. The predicted octanol–water partition coefficient (Wildman–Crippen LogP) is 2.60. The summed E-state index contributed by atoms with van der Waals surface area (Å²) in [5.41, 5.74) is 1.08. The fraction of sp³-hybridized carbons (Fsp3) is 0.100. The van der Waals surface area contributed by atoms with Crippen molar-refractivity contribution < 1.29 is 4.79 Å². The Labute approximate surface area is 84.3 Å². The van der Waals surface area contributed by atoms with Gasteiger partial charge in [-0.1, -0.05) is 18.2 Å². The predicted molar refractivity (Wildman–Crippen MR) is 55.7 cm³/mol. The topological polar surface area (TPSA) is 22.0 Å². The van der Waals surface area contributed by atoms with Crippen LogP contribution in [0.15, 0.2) is 34.9 Å². The first-order chi connectivity index (χ1) is 6.33. The van der Waals surface area contributed by atoms with E-state index in [0.29, 0.717) is 6.54 Å². The maximum absolute atomic E-state index is 10.4. The van der Waals surface area contributed by atoms with Crippen molar-refractivity contribution in [2.45, 2.75) is 6.54 Å². The molecule has 1 aromatic carbocycles. The van der Waals surface area contributed by atoms with Crippen LogP contribution in [0.4, 0.5) is 0 Å². The van der Waals surface area contributed by atoms with Gasteiger partial charge < -0.3 is 9.36 Å². The van der Waals surface area contributed by atoms with Crippen LogP contribution >= 0.6 is 15.9 Å². The second kappa shape index (κ2) is 3.34. The lowest BCUT2D eigenvalue weighted by Gasteiger charge is -1.97. The molecule has 0 saturated heterocycles. The minimum absolute atomic E-state index is 0.409. The van der Waals surface area contributed by atoms with E-state index >= 15 is 0 Å². The van der Waals surface area contributed by atoms with Gasteiger partial charge in [-0.05, 0) is 22.0 Å². The standard InChI is InChI=1S/C10H8BrNO/c11-9-7-12(5-6-13)10-4-2-1-3-8(9)10/h1-4,6-7H,5H2. The van der Waals surface area contributed by atoms with E-state index in [1.54, 1.807) is 0 Å². The Bertz CT molecular complexity index is 447. The average Bonchev–Trinajstić information content (AvgIpc) is 2.46. The van der Waals surface area contributed by atoms with Gasteiger partial charge in [-0.25, -0.2) is 0 Å². The number of aldehydes is 1. The minimum Gasteiger partial charge on any atom is -0.339 e. The van der Waals surface area contributed by atoms with Crippen LogP contribution in [-0.2, 0) is 11.3 Å². The van der Waals surface area contributed by atoms with Crippen molar-refractivity contribution in [1.29, 1.82) is 0 Å². The second-order valence-electron chi connectivity index (χ2n) is 2.81. The first-order valence-electron chi connectivity index (χ1n) is 4.00. The zero-order valence-electron chi connectivity index (χ0n) is 6.90. The first kappa shape index (κ1) is 8.51. The molecule has 2 rings (SSSR count). The fourth-order valence-corrected chi connectivity index (χ4v) is 2.02. The molecule has 0 N–H and O–H groups in total. The Morgan fingerprint density at radius 3 is 2.92 bits per heavy atom. The third-order valence-corrected chi connectivity index (χ3v) is 2.64. The molecule has 0 aliphatic carbocycles. The molecule has 0 spiro atoms. The Kier molecular flexibility index (Phi) is 2.19. The Hall–Kier alpha value is -1.09. The highest BCUT2D eigenvalue weighted by Crippen LogP contribution is 2.25. The Balaban J connectivity index is 2.70. The van der Waals surface area contributed by atoms with E-state index in [0.717, 1.165) is 21.7 Å². The highest BCUT2D eigenvalue weighted by molar-refractivity contribution is 9.10. The molecule has 2 aromatic rings. The summed E-state index contributed by atoms with van der Waals surface area (Å²) in [6.07, 6.45) is 2.83. The van der Waals surface area contributed by atoms with Crippen LogP contribution in [0.3, 0.4) is 0 Å². The number of para-hydroxylation sites is 1. The number of carbonyl (C=O) groups excluding carboxylic acids is 1. The number of fused-ring (bicyclic) bond motifs is 1. The molecule has 0 saturated carbocycles. The van der Waals surface area contributed by atoms with E-state index in [9.17, 15) is 4.79 Å². The van der Waals surface area contributed by atoms with E-state index in [1.165, 1.54) is 0 Å². The largest absolute Gasteiger partial charge is 0.339 e. The lowest BCUT2D eigenvalue weighted by molar-refractivity contribution is -0.108. The Morgan fingerprint density at radius 1 is 1.38 bits per heavy atom. The van der Waals surface area contributed by atoms with Crippen molar-refractivity contribution >= 4 is 33.1 Å². The number of halogens is 1. The molecule has 66 valence electrons. The van der Waals surface area contributed by atoms with Crippen LogP contribution in [0.25, 0.3) is 10.9 Å². The van der Waals surface area contributed by atoms with Crippen molar-refractivity contribution in [3.8, 4) is 0 Å². The lowest BCUT2D eigenvalue weighted by Crippen LogP contribution is -1.95. The Morgan fingerprint density at radius 2 is 2.15 bits per heavy atom. The molecule has 1 heterocycles. The second-order valence-corrected chi connectivity index (χ2v) is 3.67. The van der Waals surface area contributed by atoms with Crippen LogP contribution in [0, 0.1) is 0 Å². The van der Waals surface area contributed by atoms with Gasteiger partial charge in [0.15, 0.2) is 0 Å². The highest BCUT2D eigenvalue weighted by atomic mass is 79.9. The monoisotopic (exact) mass is 237 g/mol. The summed E-state index contributed by atoms with van der Waals surface area (Å²) in [6, 6.07) is 7.98. The zero-order valence-corrected chi connectivity index (χ0v) is 8.49. The van der Waals surface area contributed by atoms with Crippen molar-refractivity contribution in [1.82, 2.24) is 4.57 Å². The zero-order chi connectivity index (χ0) is 9.26. The molecule has 0 radical (unpaired) electrons. The van der Waals surface area contributed by atoms with E-state index in [2.05, 4.69) is 15.9 Å². The summed E-state index contributed by atoms with van der Waals surface area (Å²) in [5, 5.41) is 1.14. The van der Waals surface area contributed by atoms with E-state index in [-0.39, 0.29) is 0 Å². The van der Waals surface area contributed by atoms with Crippen molar-refractivity contribution in [2.75, 3.05) is 0 Å². The van der Waals surface area contributed by atoms with E-state index in [4.69, 9.17) is 0 Å². The van der Waals surface area contributed by atoms with Gasteiger partial charge >= 0.3 is 0 Å².